The van der Waals surface area contributed by atoms with Crippen molar-refractivity contribution in [1.29, 1.82) is 0 Å². The Morgan fingerprint density at radius 2 is 1.76 bits per heavy atom. The summed E-state index contributed by atoms with van der Waals surface area (Å²) in [7, 11) is 0. The van der Waals surface area contributed by atoms with Gasteiger partial charge in [0.2, 0.25) is 0 Å². The van der Waals surface area contributed by atoms with Crippen LogP contribution in [0.25, 0.3) is 0 Å². The van der Waals surface area contributed by atoms with E-state index >= 15 is 0 Å². The van der Waals surface area contributed by atoms with Gasteiger partial charge in [-0.25, -0.2) is 4.39 Å². The predicted octanol–water partition coefficient (Wildman–Crippen LogP) is 4.43. The Bertz CT molecular complexity index is 581. The fraction of sp³-hybridized carbons (Fsp3) is 0.333. The van der Waals surface area contributed by atoms with Crippen molar-refractivity contribution in [2.45, 2.75) is 26.9 Å². The van der Waals surface area contributed by atoms with Crippen molar-refractivity contribution in [3.8, 4) is 5.75 Å². The van der Waals surface area contributed by atoms with Crippen LogP contribution in [-0.4, -0.2) is 13.2 Å². The molecule has 0 radical (unpaired) electrons. The first kappa shape index (κ1) is 15.5. The van der Waals surface area contributed by atoms with Crippen molar-refractivity contribution in [1.82, 2.24) is 0 Å². The molecule has 0 aromatic heterocycles. The summed E-state index contributed by atoms with van der Waals surface area (Å²) >= 11 is 0. The van der Waals surface area contributed by atoms with E-state index in [1.165, 1.54) is 17.2 Å². The van der Waals surface area contributed by atoms with Gasteiger partial charge in [-0.05, 0) is 37.1 Å². The number of hydrogen-bond acceptors (Lipinski definition) is 2. The highest BCUT2D eigenvalue weighted by Crippen LogP contribution is 2.17. The predicted molar refractivity (Wildman–Crippen MR) is 82.1 cm³/mol. The first-order valence-corrected chi connectivity index (χ1v) is 7.17. The fourth-order valence-electron chi connectivity index (χ4n) is 2.06. The maximum atomic E-state index is 13.5. The minimum atomic E-state index is -0.310. The molecule has 112 valence electrons. The Hall–Kier alpha value is -1.87. The molecule has 0 N–H and O–H groups in total. The van der Waals surface area contributed by atoms with Crippen LogP contribution in [0.4, 0.5) is 4.39 Å². The van der Waals surface area contributed by atoms with Gasteiger partial charge >= 0.3 is 0 Å². The van der Waals surface area contributed by atoms with Gasteiger partial charge in [0.1, 0.15) is 0 Å². The zero-order valence-corrected chi connectivity index (χ0v) is 12.6. The van der Waals surface area contributed by atoms with Gasteiger partial charge in [-0.1, -0.05) is 35.9 Å². The monoisotopic (exact) mass is 288 g/mol. The summed E-state index contributed by atoms with van der Waals surface area (Å²) < 4.78 is 24.5. The summed E-state index contributed by atoms with van der Waals surface area (Å²) in [5, 5.41) is 0. The molecule has 0 unspecified atom stereocenters. The van der Waals surface area contributed by atoms with E-state index in [2.05, 4.69) is 19.1 Å². The van der Waals surface area contributed by atoms with E-state index in [-0.39, 0.29) is 5.82 Å². The number of hydrogen-bond donors (Lipinski definition) is 0. The zero-order chi connectivity index (χ0) is 15.1. The maximum absolute atomic E-state index is 13.5. The van der Waals surface area contributed by atoms with Crippen molar-refractivity contribution in [3.63, 3.8) is 0 Å². The molecule has 0 amide bonds. The second kappa shape index (κ2) is 7.79. The first-order valence-electron chi connectivity index (χ1n) is 7.17. The van der Waals surface area contributed by atoms with Gasteiger partial charge in [0.25, 0.3) is 0 Å². The Balaban J connectivity index is 1.64. The first-order chi connectivity index (χ1) is 10.1. The number of ether oxygens (including phenoxy) is 2. The summed E-state index contributed by atoms with van der Waals surface area (Å²) in [5.74, 6) is -0.00466. The lowest BCUT2D eigenvalue weighted by atomic mass is 10.1. The molecule has 0 heterocycles. The highest BCUT2D eigenvalue weighted by atomic mass is 19.1. The molecule has 2 aromatic rings. The Morgan fingerprint density at radius 3 is 2.52 bits per heavy atom. The van der Waals surface area contributed by atoms with E-state index in [9.17, 15) is 4.39 Å². The van der Waals surface area contributed by atoms with Crippen molar-refractivity contribution in [2.75, 3.05) is 13.2 Å². The number of halogens is 1. The Labute approximate surface area is 125 Å². The van der Waals surface area contributed by atoms with Crippen LogP contribution in [0, 0.1) is 19.7 Å². The van der Waals surface area contributed by atoms with Gasteiger partial charge in [-0.3, -0.25) is 0 Å². The summed E-state index contributed by atoms with van der Waals surface area (Å²) in [4.78, 5) is 0. The molecular formula is C18H21FO2. The summed E-state index contributed by atoms with van der Waals surface area (Å²) in [6, 6.07) is 13.2. The van der Waals surface area contributed by atoms with Crippen LogP contribution in [0.5, 0.6) is 5.75 Å². The molecule has 2 aromatic carbocycles. The van der Waals surface area contributed by atoms with Crippen LogP contribution in [-0.2, 0) is 11.3 Å². The smallest absolute Gasteiger partial charge is 0.165 e. The van der Waals surface area contributed by atoms with Crippen LogP contribution < -0.4 is 4.74 Å². The summed E-state index contributed by atoms with van der Waals surface area (Å²) in [5.41, 5.74) is 3.29. The Kier molecular flexibility index (Phi) is 5.76. The van der Waals surface area contributed by atoms with Gasteiger partial charge < -0.3 is 9.47 Å². The normalized spacial score (nSPS) is 10.6. The number of aryl methyl sites for hydroxylation is 2. The molecule has 2 rings (SSSR count). The van der Waals surface area contributed by atoms with Gasteiger partial charge in [0.15, 0.2) is 11.6 Å². The SMILES string of the molecule is Cc1cccc(COCCCOc2ccc(C)cc2F)c1. The van der Waals surface area contributed by atoms with Gasteiger partial charge in [-0.15, -0.1) is 0 Å². The van der Waals surface area contributed by atoms with E-state index in [4.69, 9.17) is 9.47 Å². The minimum Gasteiger partial charge on any atom is -0.490 e. The molecule has 0 aliphatic rings. The fourth-order valence-corrected chi connectivity index (χ4v) is 2.06. The third-order valence-corrected chi connectivity index (χ3v) is 3.13. The quantitative estimate of drug-likeness (QED) is 0.702. The topological polar surface area (TPSA) is 18.5 Å². The van der Waals surface area contributed by atoms with Crippen LogP contribution in [0.1, 0.15) is 23.1 Å². The standard InChI is InChI=1S/C18H21FO2/c1-14-5-3-6-16(11-14)13-20-9-4-10-21-18-8-7-15(2)12-17(18)19/h3,5-8,11-12H,4,9-10,13H2,1-2H3. The summed E-state index contributed by atoms with van der Waals surface area (Å²) in [6.45, 7) is 5.56. The average molecular weight is 288 g/mol. The third kappa shape index (κ3) is 5.20. The van der Waals surface area contributed by atoms with Crippen molar-refractivity contribution < 1.29 is 13.9 Å². The molecule has 0 fully saturated rings. The highest BCUT2D eigenvalue weighted by molar-refractivity contribution is 5.28. The number of benzene rings is 2. The lowest BCUT2D eigenvalue weighted by molar-refractivity contribution is 0.106. The maximum Gasteiger partial charge on any atom is 0.165 e. The van der Waals surface area contributed by atoms with Crippen LogP contribution in [0.15, 0.2) is 42.5 Å². The Morgan fingerprint density at radius 1 is 0.952 bits per heavy atom. The molecule has 3 heteroatoms. The molecule has 0 saturated heterocycles. The van der Waals surface area contributed by atoms with E-state index in [1.807, 2.05) is 25.1 Å². The summed E-state index contributed by atoms with van der Waals surface area (Å²) in [6.07, 6.45) is 0.735. The zero-order valence-electron chi connectivity index (χ0n) is 12.6. The molecule has 21 heavy (non-hydrogen) atoms. The lowest BCUT2D eigenvalue weighted by Crippen LogP contribution is -2.04. The molecule has 0 atom stereocenters. The minimum absolute atomic E-state index is 0.305. The molecule has 0 saturated carbocycles. The van der Waals surface area contributed by atoms with Gasteiger partial charge in [0.05, 0.1) is 19.8 Å². The van der Waals surface area contributed by atoms with E-state index in [1.54, 1.807) is 6.07 Å². The number of rotatable bonds is 7. The molecule has 2 nitrogen and oxygen atoms in total. The van der Waals surface area contributed by atoms with E-state index in [0.717, 1.165) is 12.0 Å². The second-order valence-electron chi connectivity index (χ2n) is 5.18. The largest absolute Gasteiger partial charge is 0.490 e. The second-order valence-corrected chi connectivity index (χ2v) is 5.18. The van der Waals surface area contributed by atoms with Gasteiger partial charge in [0, 0.05) is 6.42 Å². The lowest BCUT2D eigenvalue weighted by Gasteiger charge is -2.08. The molecule has 0 spiro atoms. The van der Waals surface area contributed by atoms with E-state index in [0.29, 0.717) is 25.6 Å². The van der Waals surface area contributed by atoms with Crippen molar-refractivity contribution in [3.05, 3.63) is 65.0 Å². The molecule has 0 aliphatic heterocycles. The third-order valence-electron chi connectivity index (χ3n) is 3.13. The van der Waals surface area contributed by atoms with E-state index < -0.39 is 0 Å². The average Bonchev–Trinajstić information content (AvgIpc) is 2.44. The van der Waals surface area contributed by atoms with Crippen LogP contribution in [0.2, 0.25) is 0 Å². The molecule has 0 aliphatic carbocycles. The van der Waals surface area contributed by atoms with Crippen molar-refractivity contribution >= 4 is 0 Å². The van der Waals surface area contributed by atoms with Crippen LogP contribution in [0.3, 0.4) is 0 Å². The van der Waals surface area contributed by atoms with Gasteiger partial charge in [-0.2, -0.15) is 0 Å². The van der Waals surface area contributed by atoms with Crippen molar-refractivity contribution in [2.24, 2.45) is 0 Å². The molecule has 0 bridgehead atoms. The highest BCUT2D eigenvalue weighted by Gasteiger charge is 2.02. The molecular weight excluding hydrogens is 267 g/mol. The van der Waals surface area contributed by atoms with Crippen LogP contribution >= 0.6 is 0 Å².